The first-order valence-corrected chi connectivity index (χ1v) is 11.2. The van der Waals surface area contributed by atoms with Gasteiger partial charge in [0.1, 0.15) is 23.6 Å². The largest absolute Gasteiger partial charge is 0.508 e. The molecule has 0 fully saturated rings. The Hall–Kier alpha value is -3.10. The Labute approximate surface area is 200 Å². The number of aliphatic carboxylic acids is 2. The Kier molecular flexibility index (Phi) is 8.34. The van der Waals surface area contributed by atoms with Gasteiger partial charge in [-0.15, -0.1) is 0 Å². The molecule has 0 heterocycles. The number of aromatic hydroxyl groups is 2. The molecule has 8 heteroatoms. The molecule has 0 bridgehead atoms. The SMILES string of the molecule is CC(C)(C)c1ccc(O)c(C(NCCNC(C(=O)O)c2cc(C(C)(C)C)ccc2O)C(=O)O)c1. The van der Waals surface area contributed by atoms with Crippen molar-refractivity contribution >= 4 is 11.9 Å². The minimum absolute atomic E-state index is 0.111. The molecule has 8 nitrogen and oxygen atoms in total. The molecule has 0 saturated carbocycles. The van der Waals surface area contributed by atoms with E-state index in [1.165, 1.54) is 12.1 Å². The van der Waals surface area contributed by atoms with Crippen molar-refractivity contribution in [3.05, 3.63) is 58.7 Å². The van der Waals surface area contributed by atoms with Crippen LogP contribution < -0.4 is 10.6 Å². The van der Waals surface area contributed by atoms with E-state index < -0.39 is 24.0 Å². The van der Waals surface area contributed by atoms with E-state index in [0.29, 0.717) is 0 Å². The van der Waals surface area contributed by atoms with Crippen molar-refractivity contribution in [2.45, 2.75) is 64.5 Å². The number of hydrogen-bond acceptors (Lipinski definition) is 6. The normalized spacial score (nSPS) is 13.9. The molecule has 0 aliphatic carbocycles. The van der Waals surface area contributed by atoms with Crippen molar-refractivity contribution in [1.29, 1.82) is 0 Å². The molecular formula is C26H36N2O6. The molecule has 2 rings (SSSR count). The Balaban J connectivity index is 2.17. The van der Waals surface area contributed by atoms with Crippen LogP contribution in [0.15, 0.2) is 36.4 Å². The molecule has 2 aromatic rings. The van der Waals surface area contributed by atoms with E-state index in [2.05, 4.69) is 10.6 Å². The molecule has 2 aromatic carbocycles. The van der Waals surface area contributed by atoms with Gasteiger partial charge >= 0.3 is 11.9 Å². The topological polar surface area (TPSA) is 139 Å². The molecule has 0 amide bonds. The van der Waals surface area contributed by atoms with Gasteiger partial charge in [0.2, 0.25) is 0 Å². The lowest BCUT2D eigenvalue weighted by atomic mass is 9.85. The minimum Gasteiger partial charge on any atom is -0.508 e. The second-order valence-corrected chi connectivity index (χ2v) is 10.5. The first kappa shape index (κ1) is 27.1. The highest BCUT2D eigenvalue weighted by Gasteiger charge is 2.27. The van der Waals surface area contributed by atoms with Crippen LogP contribution in [0, 0.1) is 0 Å². The second kappa shape index (κ2) is 10.4. The lowest BCUT2D eigenvalue weighted by molar-refractivity contribution is -0.141. The molecule has 0 saturated heterocycles. The van der Waals surface area contributed by atoms with Crippen molar-refractivity contribution in [3.63, 3.8) is 0 Å². The molecule has 0 radical (unpaired) electrons. The number of carboxylic acids is 2. The predicted octanol–water partition coefficient (Wildman–Crippen LogP) is 3.82. The van der Waals surface area contributed by atoms with E-state index in [9.17, 15) is 30.0 Å². The third-order valence-electron chi connectivity index (χ3n) is 5.72. The van der Waals surface area contributed by atoms with Crippen LogP contribution in [0.2, 0.25) is 0 Å². The number of hydrogen-bond donors (Lipinski definition) is 6. The van der Waals surface area contributed by atoms with Gasteiger partial charge in [-0.2, -0.15) is 0 Å². The number of nitrogens with one attached hydrogen (secondary N) is 2. The highest BCUT2D eigenvalue weighted by atomic mass is 16.4. The van der Waals surface area contributed by atoms with Gasteiger partial charge in [-0.25, -0.2) is 0 Å². The van der Waals surface area contributed by atoms with Crippen LogP contribution >= 0.6 is 0 Å². The zero-order chi connectivity index (χ0) is 25.8. The average Bonchev–Trinajstić information content (AvgIpc) is 2.70. The van der Waals surface area contributed by atoms with Crippen molar-refractivity contribution in [2.75, 3.05) is 13.1 Å². The number of rotatable bonds is 9. The third-order valence-corrected chi connectivity index (χ3v) is 5.72. The molecule has 2 atom stereocenters. The number of carbonyl (C=O) groups is 2. The van der Waals surface area contributed by atoms with Crippen LogP contribution in [0.5, 0.6) is 11.5 Å². The Morgan fingerprint density at radius 3 is 1.29 bits per heavy atom. The lowest BCUT2D eigenvalue weighted by Gasteiger charge is -2.24. The van der Waals surface area contributed by atoms with Crippen LogP contribution in [-0.2, 0) is 20.4 Å². The number of benzene rings is 2. The smallest absolute Gasteiger partial charge is 0.325 e. The summed E-state index contributed by atoms with van der Waals surface area (Å²) in [6.45, 7) is 12.2. The van der Waals surface area contributed by atoms with Gasteiger partial charge in [-0.1, -0.05) is 53.7 Å². The van der Waals surface area contributed by atoms with E-state index in [0.717, 1.165) is 11.1 Å². The number of phenolic OH excluding ortho intramolecular Hbond substituents is 2. The molecule has 0 spiro atoms. The van der Waals surface area contributed by atoms with Crippen LogP contribution in [0.3, 0.4) is 0 Å². The summed E-state index contributed by atoms with van der Waals surface area (Å²) in [6, 6.07) is 7.48. The summed E-state index contributed by atoms with van der Waals surface area (Å²) in [5, 5.41) is 45.8. The van der Waals surface area contributed by atoms with Crippen molar-refractivity contribution < 1.29 is 30.0 Å². The highest BCUT2D eigenvalue weighted by Crippen LogP contribution is 2.32. The molecule has 2 unspecified atom stereocenters. The third kappa shape index (κ3) is 6.71. The summed E-state index contributed by atoms with van der Waals surface area (Å²) in [5.41, 5.74) is 1.78. The Bertz CT molecular complexity index is 953. The maximum absolute atomic E-state index is 11.9. The molecule has 0 aliphatic heterocycles. The fourth-order valence-electron chi connectivity index (χ4n) is 3.60. The summed E-state index contributed by atoms with van der Waals surface area (Å²) < 4.78 is 0. The van der Waals surface area contributed by atoms with Gasteiger partial charge in [0.15, 0.2) is 0 Å². The summed E-state index contributed by atoms with van der Waals surface area (Å²) in [6.07, 6.45) is 0. The number of phenols is 2. The van der Waals surface area contributed by atoms with Gasteiger partial charge in [0.05, 0.1) is 0 Å². The summed E-state index contributed by atoms with van der Waals surface area (Å²) >= 11 is 0. The summed E-state index contributed by atoms with van der Waals surface area (Å²) in [4.78, 5) is 23.9. The Morgan fingerprint density at radius 2 is 1.03 bits per heavy atom. The van der Waals surface area contributed by atoms with Crippen LogP contribution in [0.1, 0.15) is 75.9 Å². The zero-order valence-corrected chi connectivity index (χ0v) is 20.6. The van der Waals surface area contributed by atoms with Gasteiger partial charge < -0.3 is 20.4 Å². The van der Waals surface area contributed by atoms with Gasteiger partial charge in [-0.05, 0) is 46.2 Å². The quantitative estimate of drug-likeness (QED) is 0.303. The first-order valence-electron chi connectivity index (χ1n) is 11.2. The lowest BCUT2D eigenvalue weighted by Crippen LogP contribution is -2.37. The molecule has 0 aliphatic rings. The maximum atomic E-state index is 11.9. The fourth-order valence-corrected chi connectivity index (χ4v) is 3.60. The van der Waals surface area contributed by atoms with E-state index in [1.807, 2.05) is 41.5 Å². The summed E-state index contributed by atoms with van der Waals surface area (Å²) in [7, 11) is 0. The van der Waals surface area contributed by atoms with Gasteiger partial charge in [-0.3, -0.25) is 20.2 Å². The monoisotopic (exact) mass is 472 g/mol. The van der Waals surface area contributed by atoms with E-state index >= 15 is 0 Å². The highest BCUT2D eigenvalue weighted by molar-refractivity contribution is 5.77. The van der Waals surface area contributed by atoms with E-state index in [-0.39, 0.29) is 46.5 Å². The maximum Gasteiger partial charge on any atom is 0.325 e. The number of carboxylic acid groups (broad SMARTS) is 2. The second-order valence-electron chi connectivity index (χ2n) is 10.5. The van der Waals surface area contributed by atoms with E-state index in [1.54, 1.807) is 24.3 Å². The predicted molar refractivity (Wildman–Crippen MR) is 130 cm³/mol. The zero-order valence-electron chi connectivity index (χ0n) is 20.6. The fraction of sp³-hybridized carbons (Fsp3) is 0.462. The minimum atomic E-state index is -1.18. The van der Waals surface area contributed by atoms with Crippen LogP contribution in [0.4, 0.5) is 0 Å². The van der Waals surface area contributed by atoms with Crippen LogP contribution in [-0.4, -0.2) is 45.5 Å². The molecule has 0 aromatic heterocycles. The van der Waals surface area contributed by atoms with Crippen molar-refractivity contribution in [1.82, 2.24) is 10.6 Å². The Morgan fingerprint density at radius 1 is 0.706 bits per heavy atom. The van der Waals surface area contributed by atoms with E-state index in [4.69, 9.17) is 0 Å². The van der Waals surface area contributed by atoms with Crippen molar-refractivity contribution in [3.8, 4) is 11.5 Å². The first-order chi connectivity index (χ1) is 15.6. The molecule has 34 heavy (non-hydrogen) atoms. The molecule has 186 valence electrons. The van der Waals surface area contributed by atoms with Gasteiger partial charge in [0.25, 0.3) is 0 Å². The van der Waals surface area contributed by atoms with Gasteiger partial charge in [0, 0.05) is 24.2 Å². The molecule has 6 N–H and O–H groups in total. The molecular weight excluding hydrogens is 436 g/mol. The summed E-state index contributed by atoms with van der Waals surface area (Å²) in [5.74, 6) is -2.58. The van der Waals surface area contributed by atoms with Crippen molar-refractivity contribution in [2.24, 2.45) is 0 Å². The average molecular weight is 473 g/mol. The standard InChI is InChI=1S/C26H36N2O6/c1-25(2,3)15-7-9-19(29)17(13-15)21(23(31)32)27-11-12-28-22(24(33)34)18-14-16(26(4,5)6)8-10-20(18)30/h7-10,13-14,21-22,27-30H,11-12H2,1-6H3,(H,31,32)(H,33,34). The van der Waals surface area contributed by atoms with Crippen LogP contribution in [0.25, 0.3) is 0 Å².